The molecule has 0 spiro atoms. The van der Waals surface area contributed by atoms with Crippen LogP contribution in [0, 0.1) is 5.92 Å². The lowest BCUT2D eigenvalue weighted by atomic mass is 10.0. The fourth-order valence-electron chi connectivity index (χ4n) is 2.60. The quantitative estimate of drug-likeness (QED) is 0.783. The number of amides is 1. The van der Waals surface area contributed by atoms with Gasteiger partial charge < -0.3 is 15.2 Å². The number of carbonyl (C=O) groups is 1. The zero-order valence-corrected chi connectivity index (χ0v) is 8.76. The lowest BCUT2D eigenvalue weighted by Gasteiger charge is -2.23. The molecule has 1 aromatic carbocycles. The summed E-state index contributed by atoms with van der Waals surface area (Å²) in [5, 5.41) is 0. The van der Waals surface area contributed by atoms with Crippen LogP contribution in [0.15, 0.2) is 30.3 Å². The van der Waals surface area contributed by atoms with Crippen LogP contribution in [-0.4, -0.2) is 25.2 Å². The van der Waals surface area contributed by atoms with Crippen molar-refractivity contribution in [2.45, 2.75) is 11.7 Å². The summed E-state index contributed by atoms with van der Waals surface area (Å²) < 4.78 is 11.3. The standard InChI is InChI=1S/C12H13NO3/c13-11(14)9-10-12(9,16-7-6-15-10)8-4-2-1-3-5-8/h1-5,9-10H,6-7H2,(H2,13,14). The van der Waals surface area contributed by atoms with Gasteiger partial charge in [-0.1, -0.05) is 30.3 Å². The minimum atomic E-state index is -0.620. The Kier molecular flexibility index (Phi) is 2.02. The molecule has 0 aromatic heterocycles. The van der Waals surface area contributed by atoms with Gasteiger partial charge in [0.05, 0.1) is 13.2 Å². The Bertz CT molecular complexity index is 420. The highest BCUT2D eigenvalue weighted by molar-refractivity contribution is 5.84. The van der Waals surface area contributed by atoms with Crippen LogP contribution in [0.4, 0.5) is 0 Å². The average Bonchev–Trinajstić information content (AvgIpc) is 3.00. The van der Waals surface area contributed by atoms with E-state index in [-0.39, 0.29) is 17.9 Å². The highest BCUT2D eigenvalue weighted by Crippen LogP contribution is 2.58. The van der Waals surface area contributed by atoms with E-state index >= 15 is 0 Å². The second-order valence-corrected chi connectivity index (χ2v) is 4.18. The van der Waals surface area contributed by atoms with Crippen molar-refractivity contribution < 1.29 is 14.3 Å². The molecule has 1 heterocycles. The van der Waals surface area contributed by atoms with Crippen LogP contribution in [0.2, 0.25) is 0 Å². The maximum Gasteiger partial charge on any atom is 0.226 e. The van der Waals surface area contributed by atoms with Gasteiger partial charge in [-0.2, -0.15) is 0 Å². The van der Waals surface area contributed by atoms with Crippen molar-refractivity contribution in [3.05, 3.63) is 35.9 Å². The van der Waals surface area contributed by atoms with Crippen molar-refractivity contribution in [1.29, 1.82) is 0 Å². The van der Waals surface area contributed by atoms with Crippen LogP contribution in [0.25, 0.3) is 0 Å². The molecular weight excluding hydrogens is 206 g/mol. The highest BCUT2D eigenvalue weighted by atomic mass is 16.6. The topological polar surface area (TPSA) is 61.6 Å². The molecule has 3 rings (SSSR count). The molecule has 4 heteroatoms. The molecule has 1 aliphatic carbocycles. The van der Waals surface area contributed by atoms with Crippen molar-refractivity contribution in [2.75, 3.05) is 13.2 Å². The first-order valence-electron chi connectivity index (χ1n) is 5.37. The van der Waals surface area contributed by atoms with Crippen LogP contribution in [-0.2, 0) is 19.9 Å². The Hall–Kier alpha value is -1.39. The number of hydrogen-bond acceptors (Lipinski definition) is 3. The Morgan fingerprint density at radius 1 is 1.31 bits per heavy atom. The fraction of sp³-hybridized carbons (Fsp3) is 0.417. The molecule has 1 aromatic rings. The molecule has 3 unspecified atom stereocenters. The number of ether oxygens (including phenoxy) is 2. The molecule has 0 bridgehead atoms. The molecule has 2 aliphatic rings. The number of hydrogen-bond donors (Lipinski definition) is 1. The van der Waals surface area contributed by atoms with Gasteiger partial charge in [-0.05, 0) is 5.56 Å². The first-order chi connectivity index (χ1) is 7.77. The van der Waals surface area contributed by atoms with E-state index in [1.807, 2.05) is 30.3 Å². The van der Waals surface area contributed by atoms with Crippen LogP contribution < -0.4 is 5.73 Å². The van der Waals surface area contributed by atoms with Gasteiger partial charge in [0.2, 0.25) is 5.91 Å². The number of primary amides is 1. The lowest BCUT2D eigenvalue weighted by molar-refractivity contribution is -0.122. The predicted molar refractivity (Wildman–Crippen MR) is 56.5 cm³/mol. The summed E-state index contributed by atoms with van der Waals surface area (Å²) in [4.78, 5) is 11.4. The number of carbonyl (C=O) groups excluding carboxylic acids is 1. The van der Waals surface area contributed by atoms with Crippen molar-refractivity contribution in [2.24, 2.45) is 11.7 Å². The molecule has 1 aliphatic heterocycles. The van der Waals surface area contributed by atoms with Gasteiger partial charge in [0.25, 0.3) is 0 Å². The number of nitrogens with two attached hydrogens (primary N) is 1. The van der Waals surface area contributed by atoms with Crippen LogP contribution in [0.3, 0.4) is 0 Å². The Labute approximate surface area is 93.3 Å². The van der Waals surface area contributed by atoms with Gasteiger partial charge in [0.15, 0.2) is 0 Å². The van der Waals surface area contributed by atoms with E-state index in [0.717, 1.165) is 5.56 Å². The molecule has 1 saturated heterocycles. The van der Waals surface area contributed by atoms with Crippen molar-refractivity contribution >= 4 is 5.91 Å². The summed E-state index contributed by atoms with van der Waals surface area (Å²) >= 11 is 0. The van der Waals surface area contributed by atoms with Gasteiger partial charge in [-0.25, -0.2) is 0 Å². The molecule has 1 amide bonds. The number of fused-ring (bicyclic) bond motifs is 1. The summed E-state index contributed by atoms with van der Waals surface area (Å²) in [6, 6.07) is 9.68. The minimum absolute atomic E-state index is 0.207. The van der Waals surface area contributed by atoms with Gasteiger partial charge in [-0.3, -0.25) is 4.79 Å². The molecule has 2 N–H and O–H groups in total. The van der Waals surface area contributed by atoms with Gasteiger partial charge in [-0.15, -0.1) is 0 Å². The third-order valence-corrected chi connectivity index (χ3v) is 3.33. The number of rotatable bonds is 2. The van der Waals surface area contributed by atoms with Crippen LogP contribution in [0.1, 0.15) is 5.56 Å². The van der Waals surface area contributed by atoms with Gasteiger partial charge in [0.1, 0.15) is 17.6 Å². The molecule has 3 atom stereocenters. The van der Waals surface area contributed by atoms with E-state index in [1.54, 1.807) is 0 Å². The van der Waals surface area contributed by atoms with Crippen molar-refractivity contribution in [3.8, 4) is 0 Å². The molecule has 84 valence electrons. The van der Waals surface area contributed by atoms with Gasteiger partial charge >= 0.3 is 0 Å². The molecule has 16 heavy (non-hydrogen) atoms. The summed E-state index contributed by atoms with van der Waals surface area (Å²) in [5.74, 6) is -0.701. The highest BCUT2D eigenvalue weighted by Gasteiger charge is 2.72. The Morgan fingerprint density at radius 2 is 2.06 bits per heavy atom. The zero-order valence-electron chi connectivity index (χ0n) is 8.76. The first kappa shape index (κ1) is 9.81. The lowest BCUT2D eigenvalue weighted by Crippen LogP contribution is -2.28. The maximum atomic E-state index is 11.4. The van der Waals surface area contributed by atoms with E-state index in [0.29, 0.717) is 13.2 Å². The van der Waals surface area contributed by atoms with E-state index < -0.39 is 5.60 Å². The largest absolute Gasteiger partial charge is 0.371 e. The third-order valence-electron chi connectivity index (χ3n) is 3.33. The second-order valence-electron chi connectivity index (χ2n) is 4.18. The van der Waals surface area contributed by atoms with E-state index in [9.17, 15) is 4.79 Å². The number of benzene rings is 1. The minimum Gasteiger partial charge on any atom is -0.371 e. The molecular formula is C12H13NO3. The predicted octanol–water partition coefficient (Wildman–Crippen LogP) is 0.412. The van der Waals surface area contributed by atoms with Crippen LogP contribution in [0.5, 0.6) is 0 Å². The summed E-state index contributed by atoms with van der Waals surface area (Å²) in [6.45, 7) is 1.04. The average molecular weight is 219 g/mol. The summed E-state index contributed by atoms with van der Waals surface area (Å²) in [5.41, 5.74) is 5.74. The summed E-state index contributed by atoms with van der Waals surface area (Å²) in [6.07, 6.45) is -0.207. The second kappa shape index (κ2) is 3.30. The van der Waals surface area contributed by atoms with Crippen LogP contribution >= 0.6 is 0 Å². The first-order valence-corrected chi connectivity index (χ1v) is 5.37. The van der Waals surface area contributed by atoms with Crippen molar-refractivity contribution in [1.82, 2.24) is 0 Å². The van der Waals surface area contributed by atoms with E-state index in [2.05, 4.69) is 0 Å². The fourth-order valence-corrected chi connectivity index (χ4v) is 2.60. The SMILES string of the molecule is NC(=O)C1C2OCCOC21c1ccccc1. The molecule has 1 saturated carbocycles. The zero-order chi connectivity index (χ0) is 11.2. The summed E-state index contributed by atoms with van der Waals surface area (Å²) in [7, 11) is 0. The monoisotopic (exact) mass is 219 g/mol. The Morgan fingerprint density at radius 3 is 2.75 bits per heavy atom. The van der Waals surface area contributed by atoms with Crippen molar-refractivity contribution in [3.63, 3.8) is 0 Å². The maximum absolute atomic E-state index is 11.4. The molecule has 0 radical (unpaired) electrons. The van der Waals surface area contributed by atoms with E-state index in [1.165, 1.54) is 0 Å². The van der Waals surface area contributed by atoms with Gasteiger partial charge in [0, 0.05) is 0 Å². The van der Waals surface area contributed by atoms with E-state index in [4.69, 9.17) is 15.2 Å². The third kappa shape index (κ3) is 1.14. The normalized spacial score (nSPS) is 36.5. The Balaban J connectivity index is 2.00. The molecule has 2 fully saturated rings. The molecule has 4 nitrogen and oxygen atoms in total. The smallest absolute Gasteiger partial charge is 0.226 e.